The molecule has 0 saturated heterocycles. The smallest absolute Gasteiger partial charge is 0.251 e. The van der Waals surface area contributed by atoms with Crippen molar-refractivity contribution in [3.05, 3.63) is 69.1 Å². The molecule has 1 aromatic carbocycles. The number of benzene rings is 1. The van der Waals surface area contributed by atoms with Gasteiger partial charge in [0.25, 0.3) is 5.91 Å². The molecule has 1 aromatic heterocycles. The number of amides is 1. The van der Waals surface area contributed by atoms with Crippen LogP contribution in [-0.2, 0) is 16.8 Å². The van der Waals surface area contributed by atoms with Crippen LogP contribution < -0.4 is 20.8 Å². The minimum absolute atomic E-state index is 0.0419. The molecule has 1 spiro atoms. The molecule has 27 heavy (non-hydrogen) atoms. The molecule has 2 aromatic rings. The lowest BCUT2D eigenvalue weighted by Crippen LogP contribution is -2.46. The summed E-state index contributed by atoms with van der Waals surface area (Å²) in [4.78, 5) is 27.6. The number of rotatable bonds is 2. The average molecular weight is 365 g/mol. The van der Waals surface area contributed by atoms with E-state index in [1.807, 2.05) is 6.07 Å². The third kappa shape index (κ3) is 1.94. The number of nitriles is 1. The van der Waals surface area contributed by atoms with Gasteiger partial charge in [-0.3, -0.25) is 9.59 Å². The van der Waals surface area contributed by atoms with Gasteiger partial charge in [-0.1, -0.05) is 18.2 Å². The number of anilines is 1. The van der Waals surface area contributed by atoms with Crippen molar-refractivity contribution in [2.45, 2.75) is 18.9 Å². The fourth-order valence-electron chi connectivity index (χ4n) is 3.78. The SMILES string of the molecule is CCN1C(=O)[C@]2(C(C#N)=C(N)Oc3c2oc(CO)cc3=O)c2ccccc21. The third-order valence-corrected chi connectivity index (χ3v) is 4.88. The van der Waals surface area contributed by atoms with Crippen molar-refractivity contribution in [2.75, 3.05) is 11.4 Å². The normalized spacial score (nSPS) is 20.3. The molecule has 0 saturated carbocycles. The molecule has 0 radical (unpaired) electrons. The molecule has 3 heterocycles. The molecule has 8 heteroatoms. The van der Waals surface area contributed by atoms with Crippen LogP contribution in [0.25, 0.3) is 0 Å². The number of likely N-dealkylation sites (N-methyl/N-ethyl adjacent to an activating group) is 1. The maximum Gasteiger partial charge on any atom is 0.251 e. The van der Waals surface area contributed by atoms with Gasteiger partial charge in [0.2, 0.25) is 17.1 Å². The highest BCUT2D eigenvalue weighted by Crippen LogP contribution is 2.54. The van der Waals surface area contributed by atoms with Crippen LogP contribution in [0, 0.1) is 11.3 Å². The highest BCUT2D eigenvalue weighted by atomic mass is 16.5. The Labute approximate surface area is 153 Å². The zero-order chi connectivity index (χ0) is 19.3. The molecule has 1 atom stereocenters. The van der Waals surface area contributed by atoms with E-state index in [2.05, 4.69) is 0 Å². The Morgan fingerprint density at radius 3 is 2.74 bits per heavy atom. The summed E-state index contributed by atoms with van der Waals surface area (Å²) in [5, 5.41) is 19.3. The summed E-state index contributed by atoms with van der Waals surface area (Å²) < 4.78 is 11.1. The van der Waals surface area contributed by atoms with Crippen LogP contribution in [0.4, 0.5) is 5.69 Å². The van der Waals surface area contributed by atoms with Crippen LogP contribution in [0.2, 0.25) is 0 Å². The average Bonchev–Trinajstić information content (AvgIpc) is 2.92. The third-order valence-electron chi connectivity index (χ3n) is 4.88. The van der Waals surface area contributed by atoms with Gasteiger partial charge in [-0.05, 0) is 13.0 Å². The van der Waals surface area contributed by atoms with E-state index in [1.54, 1.807) is 31.2 Å². The fraction of sp³-hybridized carbons (Fsp3) is 0.211. The highest BCUT2D eigenvalue weighted by molar-refractivity contribution is 6.13. The molecule has 0 aliphatic carbocycles. The van der Waals surface area contributed by atoms with Crippen molar-refractivity contribution in [3.8, 4) is 11.8 Å². The van der Waals surface area contributed by atoms with Gasteiger partial charge in [0.1, 0.15) is 24.0 Å². The van der Waals surface area contributed by atoms with Crippen LogP contribution in [0.15, 0.2) is 51.0 Å². The second-order valence-corrected chi connectivity index (χ2v) is 6.16. The molecule has 0 fully saturated rings. The lowest BCUT2D eigenvalue weighted by Gasteiger charge is -2.32. The van der Waals surface area contributed by atoms with Crippen molar-refractivity contribution >= 4 is 11.6 Å². The van der Waals surface area contributed by atoms with Crippen molar-refractivity contribution in [3.63, 3.8) is 0 Å². The number of ether oxygens (including phenoxy) is 1. The largest absolute Gasteiger partial charge is 0.457 e. The number of aliphatic hydroxyl groups is 1. The van der Waals surface area contributed by atoms with Crippen molar-refractivity contribution in [1.29, 1.82) is 5.26 Å². The second kappa shape index (κ2) is 5.72. The van der Waals surface area contributed by atoms with Gasteiger partial charge < -0.3 is 24.9 Å². The Balaban J connectivity index is 2.20. The first kappa shape index (κ1) is 16.9. The summed E-state index contributed by atoms with van der Waals surface area (Å²) >= 11 is 0. The summed E-state index contributed by atoms with van der Waals surface area (Å²) in [6.45, 7) is 1.59. The predicted molar refractivity (Wildman–Crippen MR) is 93.6 cm³/mol. The van der Waals surface area contributed by atoms with E-state index in [4.69, 9.17) is 14.9 Å². The molecule has 0 bridgehead atoms. The zero-order valence-electron chi connectivity index (χ0n) is 14.4. The minimum atomic E-state index is -1.73. The lowest BCUT2D eigenvalue weighted by atomic mass is 9.72. The van der Waals surface area contributed by atoms with Crippen molar-refractivity contribution in [1.82, 2.24) is 0 Å². The van der Waals surface area contributed by atoms with E-state index >= 15 is 0 Å². The number of hydrogen-bond acceptors (Lipinski definition) is 7. The molecular weight excluding hydrogens is 350 g/mol. The van der Waals surface area contributed by atoms with E-state index in [9.17, 15) is 20.0 Å². The topological polar surface area (TPSA) is 130 Å². The van der Waals surface area contributed by atoms with Gasteiger partial charge in [0, 0.05) is 23.9 Å². The molecule has 8 nitrogen and oxygen atoms in total. The highest BCUT2D eigenvalue weighted by Gasteiger charge is 2.61. The quantitative estimate of drug-likeness (QED) is 0.807. The first-order valence-corrected chi connectivity index (χ1v) is 8.28. The summed E-state index contributed by atoms with van der Waals surface area (Å²) in [6.07, 6.45) is 0. The Kier molecular flexibility index (Phi) is 3.58. The molecule has 0 unspecified atom stereocenters. The predicted octanol–water partition coefficient (Wildman–Crippen LogP) is 0.871. The van der Waals surface area contributed by atoms with E-state index in [1.165, 1.54) is 4.90 Å². The first-order valence-electron chi connectivity index (χ1n) is 8.28. The van der Waals surface area contributed by atoms with Gasteiger partial charge >= 0.3 is 0 Å². The van der Waals surface area contributed by atoms with Gasteiger partial charge in [-0.15, -0.1) is 0 Å². The number of nitrogens with zero attached hydrogens (tertiary/aromatic N) is 2. The molecule has 4 rings (SSSR count). The molecule has 1 amide bonds. The number of fused-ring (bicyclic) bond motifs is 4. The van der Waals surface area contributed by atoms with Crippen molar-refractivity contribution in [2.24, 2.45) is 5.73 Å². The van der Waals surface area contributed by atoms with Crippen LogP contribution in [0.5, 0.6) is 5.75 Å². The lowest BCUT2D eigenvalue weighted by molar-refractivity contribution is -0.121. The number of carbonyl (C=O) groups is 1. The Morgan fingerprint density at radius 1 is 1.33 bits per heavy atom. The molecule has 136 valence electrons. The zero-order valence-corrected chi connectivity index (χ0v) is 14.4. The Hall–Kier alpha value is -3.57. The maximum absolute atomic E-state index is 13.6. The number of carbonyl (C=O) groups excluding carboxylic acids is 1. The van der Waals surface area contributed by atoms with E-state index in [0.29, 0.717) is 17.8 Å². The second-order valence-electron chi connectivity index (χ2n) is 6.16. The van der Waals surface area contributed by atoms with Gasteiger partial charge in [0.15, 0.2) is 11.2 Å². The van der Waals surface area contributed by atoms with Gasteiger partial charge in [-0.25, -0.2) is 0 Å². The van der Waals surface area contributed by atoms with Crippen LogP contribution in [0.3, 0.4) is 0 Å². The van der Waals surface area contributed by atoms with Crippen LogP contribution in [-0.4, -0.2) is 17.6 Å². The summed E-state index contributed by atoms with van der Waals surface area (Å²) in [7, 11) is 0. The summed E-state index contributed by atoms with van der Waals surface area (Å²) in [5.41, 5.74) is 4.52. The van der Waals surface area contributed by atoms with Gasteiger partial charge in [0.05, 0.1) is 0 Å². The molecule has 3 N–H and O–H groups in total. The standard InChI is InChI=1S/C19H15N3O5/c1-2-22-13-6-4-3-5-11(13)19(18(22)25)12(8-20)17(21)27-15-14(24)7-10(9-23)26-16(15)19/h3-7,23H,2,9,21H2,1H3/t19-/m0/s1. The van der Waals surface area contributed by atoms with E-state index in [-0.39, 0.29) is 28.7 Å². The summed E-state index contributed by atoms with van der Waals surface area (Å²) in [5.74, 6) is -1.23. The van der Waals surface area contributed by atoms with Crippen LogP contribution in [0.1, 0.15) is 24.0 Å². The number of aliphatic hydroxyl groups excluding tert-OH is 1. The van der Waals surface area contributed by atoms with Gasteiger partial charge in [-0.2, -0.15) is 5.26 Å². The van der Waals surface area contributed by atoms with E-state index < -0.39 is 23.4 Å². The number of nitrogens with two attached hydrogens (primary N) is 1. The van der Waals surface area contributed by atoms with Crippen LogP contribution >= 0.6 is 0 Å². The Bertz CT molecular complexity index is 1110. The molecule has 2 aliphatic heterocycles. The molecular formula is C19H15N3O5. The maximum atomic E-state index is 13.6. The first-order chi connectivity index (χ1) is 13.0. The molecule has 2 aliphatic rings. The monoisotopic (exact) mass is 365 g/mol. The van der Waals surface area contributed by atoms with E-state index in [0.717, 1.165) is 6.07 Å². The number of hydrogen-bond donors (Lipinski definition) is 2. The number of para-hydroxylation sites is 1. The van der Waals surface area contributed by atoms with Crippen molar-refractivity contribution < 1.29 is 19.1 Å². The summed E-state index contributed by atoms with van der Waals surface area (Å²) in [6, 6.07) is 9.96. The Morgan fingerprint density at radius 2 is 2.07 bits per heavy atom. The fourth-order valence-corrected chi connectivity index (χ4v) is 3.78. The minimum Gasteiger partial charge on any atom is -0.457 e.